The van der Waals surface area contributed by atoms with Gasteiger partial charge in [-0.1, -0.05) is 6.07 Å². The summed E-state index contributed by atoms with van der Waals surface area (Å²) in [6.07, 6.45) is 1.75. The SMILES string of the molecule is COCc1nnc2n1CCN(Cc1cccnc1OC)[C@H]2C. The summed E-state index contributed by atoms with van der Waals surface area (Å²) >= 11 is 0. The summed E-state index contributed by atoms with van der Waals surface area (Å²) in [4.78, 5) is 6.62. The molecule has 118 valence electrons. The topological polar surface area (TPSA) is 65.3 Å². The Bertz CT molecular complexity index is 643. The second kappa shape index (κ2) is 6.41. The van der Waals surface area contributed by atoms with Crippen molar-refractivity contribution in [3.8, 4) is 5.88 Å². The Hall–Kier alpha value is -1.99. The summed E-state index contributed by atoms with van der Waals surface area (Å²) in [7, 11) is 3.33. The summed E-state index contributed by atoms with van der Waals surface area (Å²) in [6.45, 7) is 5.23. The molecule has 1 atom stereocenters. The normalized spacial score (nSPS) is 18.2. The maximum absolute atomic E-state index is 5.34. The number of fused-ring (bicyclic) bond motifs is 1. The van der Waals surface area contributed by atoms with E-state index in [0.29, 0.717) is 12.5 Å². The molecule has 0 saturated carbocycles. The molecule has 7 heteroatoms. The van der Waals surface area contributed by atoms with E-state index in [-0.39, 0.29) is 6.04 Å². The average Bonchev–Trinajstić information content (AvgIpc) is 2.95. The highest BCUT2D eigenvalue weighted by molar-refractivity contribution is 5.25. The molecule has 0 aromatic carbocycles. The molecule has 3 rings (SSSR count). The number of methoxy groups -OCH3 is 2. The Morgan fingerprint density at radius 1 is 1.27 bits per heavy atom. The summed E-state index contributed by atoms with van der Waals surface area (Å²) < 4.78 is 12.7. The van der Waals surface area contributed by atoms with E-state index in [1.165, 1.54) is 0 Å². The average molecular weight is 303 g/mol. The van der Waals surface area contributed by atoms with Crippen molar-refractivity contribution in [1.82, 2.24) is 24.6 Å². The molecular weight excluding hydrogens is 282 g/mol. The van der Waals surface area contributed by atoms with Gasteiger partial charge >= 0.3 is 0 Å². The van der Waals surface area contributed by atoms with Gasteiger partial charge in [0.25, 0.3) is 0 Å². The van der Waals surface area contributed by atoms with Gasteiger partial charge in [0.1, 0.15) is 12.4 Å². The van der Waals surface area contributed by atoms with Crippen molar-refractivity contribution in [1.29, 1.82) is 0 Å². The van der Waals surface area contributed by atoms with Crippen LogP contribution in [0.15, 0.2) is 18.3 Å². The van der Waals surface area contributed by atoms with Gasteiger partial charge in [0.2, 0.25) is 5.88 Å². The second-order valence-corrected chi connectivity index (χ2v) is 5.38. The van der Waals surface area contributed by atoms with Crippen molar-refractivity contribution in [3.05, 3.63) is 35.5 Å². The van der Waals surface area contributed by atoms with E-state index >= 15 is 0 Å². The lowest BCUT2D eigenvalue weighted by molar-refractivity contribution is 0.142. The van der Waals surface area contributed by atoms with E-state index in [9.17, 15) is 0 Å². The zero-order chi connectivity index (χ0) is 15.5. The molecule has 2 aromatic rings. The zero-order valence-corrected chi connectivity index (χ0v) is 13.2. The minimum absolute atomic E-state index is 0.191. The highest BCUT2D eigenvalue weighted by atomic mass is 16.5. The molecule has 2 aromatic heterocycles. The molecule has 0 aliphatic carbocycles. The van der Waals surface area contributed by atoms with Crippen molar-refractivity contribution >= 4 is 0 Å². The fourth-order valence-corrected chi connectivity index (χ4v) is 2.89. The Kier molecular flexibility index (Phi) is 4.35. The van der Waals surface area contributed by atoms with Crippen LogP contribution in [0.2, 0.25) is 0 Å². The standard InChI is InChI=1S/C15H21N5O2/c1-11-14-18-17-13(10-21-2)20(14)8-7-19(11)9-12-5-4-6-16-15(12)22-3/h4-6,11H,7-10H2,1-3H3/t11-/m0/s1. The van der Waals surface area contributed by atoms with Gasteiger partial charge in [-0.05, 0) is 13.0 Å². The van der Waals surface area contributed by atoms with E-state index in [2.05, 4.69) is 31.6 Å². The van der Waals surface area contributed by atoms with E-state index < -0.39 is 0 Å². The smallest absolute Gasteiger partial charge is 0.217 e. The third-order valence-electron chi connectivity index (χ3n) is 4.08. The highest BCUT2D eigenvalue weighted by Gasteiger charge is 2.28. The fraction of sp³-hybridized carbons (Fsp3) is 0.533. The molecular formula is C15H21N5O2. The molecule has 22 heavy (non-hydrogen) atoms. The Labute approximate surface area is 129 Å². The van der Waals surface area contributed by atoms with Gasteiger partial charge in [0.15, 0.2) is 5.82 Å². The van der Waals surface area contributed by atoms with Crippen molar-refractivity contribution in [2.24, 2.45) is 0 Å². The molecule has 0 unspecified atom stereocenters. The first-order valence-electron chi connectivity index (χ1n) is 7.37. The highest BCUT2D eigenvalue weighted by Crippen LogP contribution is 2.27. The molecule has 0 amide bonds. The number of nitrogens with zero attached hydrogens (tertiary/aromatic N) is 5. The first-order valence-corrected chi connectivity index (χ1v) is 7.37. The van der Waals surface area contributed by atoms with Gasteiger partial charge in [-0.15, -0.1) is 10.2 Å². The van der Waals surface area contributed by atoms with Crippen LogP contribution in [0.4, 0.5) is 0 Å². The van der Waals surface area contributed by atoms with Crippen LogP contribution >= 0.6 is 0 Å². The summed E-state index contributed by atoms with van der Waals surface area (Å²) in [5.74, 6) is 2.56. The predicted molar refractivity (Wildman–Crippen MR) is 80.3 cm³/mol. The van der Waals surface area contributed by atoms with Crippen LogP contribution in [0.25, 0.3) is 0 Å². The number of hydrogen-bond donors (Lipinski definition) is 0. The molecule has 3 heterocycles. The minimum atomic E-state index is 0.191. The van der Waals surface area contributed by atoms with Crippen molar-refractivity contribution in [2.45, 2.75) is 32.7 Å². The van der Waals surface area contributed by atoms with Crippen molar-refractivity contribution in [2.75, 3.05) is 20.8 Å². The van der Waals surface area contributed by atoms with E-state index in [4.69, 9.17) is 9.47 Å². The van der Waals surface area contributed by atoms with Crippen LogP contribution in [-0.4, -0.2) is 45.4 Å². The Morgan fingerprint density at radius 2 is 2.14 bits per heavy atom. The lowest BCUT2D eigenvalue weighted by Gasteiger charge is -2.33. The molecule has 0 spiro atoms. The van der Waals surface area contributed by atoms with Crippen LogP contribution in [0.1, 0.15) is 30.2 Å². The fourth-order valence-electron chi connectivity index (χ4n) is 2.89. The van der Waals surface area contributed by atoms with Crippen molar-refractivity contribution < 1.29 is 9.47 Å². The van der Waals surface area contributed by atoms with Gasteiger partial charge in [-0.2, -0.15) is 0 Å². The van der Waals surface area contributed by atoms with E-state index in [0.717, 1.165) is 36.8 Å². The maximum Gasteiger partial charge on any atom is 0.217 e. The molecule has 1 aliphatic rings. The molecule has 7 nitrogen and oxygen atoms in total. The zero-order valence-electron chi connectivity index (χ0n) is 13.2. The molecule has 0 saturated heterocycles. The quantitative estimate of drug-likeness (QED) is 0.832. The molecule has 0 bridgehead atoms. The first kappa shape index (κ1) is 14.9. The molecule has 0 fully saturated rings. The third kappa shape index (κ3) is 2.69. The predicted octanol–water partition coefficient (Wildman–Crippen LogP) is 1.40. The summed E-state index contributed by atoms with van der Waals surface area (Å²) in [5, 5.41) is 8.57. The second-order valence-electron chi connectivity index (χ2n) is 5.38. The van der Waals surface area contributed by atoms with Crippen LogP contribution in [-0.2, 0) is 24.4 Å². The minimum Gasteiger partial charge on any atom is -0.481 e. The largest absolute Gasteiger partial charge is 0.481 e. The van der Waals surface area contributed by atoms with Gasteiger partial charge < -0.3 is 14.0 Å². The van der Waals surface area contributed by atoms with E-state index in [1.54, 1.807) is 20.4 Å². The maximum atomic E-state index is 5.34. The van der Waals surface area contributed by atoms with Gasteiger partial charge in [0, 0.05) is 38.5 Å². The molecule has 0 N–H and O–H groups in total. The monoisotopic (exact) mass is 303 g/mol. The van der Waals surface area contributed by atoms with Crippen LogP contribution in [0.5, 0.6) is 5.88 Å². The van der Waals surface area contributed by atoms with Crippen LogP contribution in [0, 0.1) is 0 Å². The number of hydrogen-bond acceptors (Lipinski definition) is 6. The third-order valence-corrected chi connectivity index (χ3v) is 4.08. The van der Waals surface area contributed by atoms with Gasteiger partial charge in [0.05, 0.1) is 13.2 Å². The molecule has 1 aliphatic heterocycles. The van der Waals surface area contributed by atoms with Gasteiger partial charge in [-0.25, -0.2) is 4.98 Å². The molecule has 0 radical (unpaired) electrons. The van der Waals surface area contributed by atoms with Crippen LogP contribution in [0.3, 0.4) is 0 Å². The lowest BCUT2D eigenvalue weighted by atomic mass is 10.1. The Morgan fingerprint density at radius 3 is 2.91 bits per heavy atom. The van der Waals surface area contributed by atoms with E-state index in [1.807, 2.05) is 12.1 Å². The summed E-state index contributed by atoms with van der Waals surface area (Å²) in [5.41, 5.74) is 1.09. The van der Waals surface area contributed by atoms with Gasteiger partial charge in [-0.3, -0.25) is 4.90 Å². The number of pyridine rings is 1. The van der Waals surface area contributed by atoms with Crippen LogP contribution < -0.4 is 4.74 Å². The van der Waals surface area contributed by atoms with Crippen molar-refractivity contribution in [3.63, 3.8) is 0 Å². The first-order chi connectivity index (χ1) is 10.7. The lowest BCUT2D eigenvalue weighted by Crippen LogP contribution is -2.37. The number of rotatable bonds is 5. The Balaban J connectivity index is 1.79. The number of ether oxygens (including phenoxy) is 2. The summed E-state index contributed by atoms with van der Waals surface area (Å²) in [6, 6.07) is 4.18. The number of aromatic nitrogens is 4.